The molecule has 2 fully saturated rings. The third-order valence-electron chi connectivity index (χ3n) is 6.31. The fourth-order valence-corrected chi connectivity index (χ4v) is 4.83. The van der Waals surface area contributed by atoms with Crippen LogP contribution >= 0.6 is 23.2 Å². The number of carbonyl (C=O) groups excluding carboxylic acids is 1. The molecule has 1 aliphatic heterocycles. The lowest BCUT2D eigenvalue weighted by atomic mass is 9.98. The number of rotatable bonds is 7. The topological polar surface area (TPSA) is 70.6 Å². The van der Waals surface area contributed by atoms with E-state index in [0.717, 1.165) is 43.5 Å². The molecule has 2 heterocycles. The summed E-state index contributed by atoms with van der Waals surface area (Å²) in [5.74, 6) is 0.578. The predicted molar refractivity (Wildman–Crippen MR) is 125 cm³/mol. The smallest absolute Gasteiger partial charge is 0.329 e. The van der Waals surface area contributed by atoms with Crippen LogP contribution in [0.1, 0.15) is 43.7 Å². The highest BCUT2D eigenvalue weighted by Gasteiger charge is 2.33. The molecule has 2 amide bonds. The minimum absolute atomic E-state index is 0.0517. The molecule has 1 aliphatic carbocycles. The molecule has 1 saturated heterocycles. The summed E-state index contributed by atoms with van der Waals surface area (Å²) in [5.41, 5.74) is 2.18. The van der Waals surface area contributed by atoms with Gasteiger partial charge in [0.25, 0.3) is 0 Å². The summed E-state index contributed by atoms with van der Waals surface area (Å²) in [6, 6.07) is 3.39. The van der Waals surface area contributed by atoms with Crippen molar-refractivity contribution in [2.45, 2.75) is 44.2 Å². The molecule has 0 bridgehead atoms. The highest BCUT2D eigenvalue weighted by molar-refractivity contribution is 6.44. The van der Waals surface area contributed by atoms with Gasteiger partial charge in [0.15, 0.2) is 0 Å². The minimum atomic E-state index is -0.250. The second-order valence-corrected chi connectivity index (χ2v) is 9.40. The summed E-state index contributed by atoms with van der Waals surface area (Å²) in [7, 11) is 3.64. The monoisotopic (exact) mass is 477 g/mol. The van der Waals surface area contributed by atoms with Crippen molar-refractivity contribution in [3.8, 4) is 11.3 Å². The van der Waals surface area contributed by atoms with Gasteiger partial charge in [0.1, 0.15) is 0 Å². The van der Waals surface area contributed by atoms with E-state index in [0.29, 0.717) is 21.7 Å². The number of benzene rings is 1. The number of halogens is 2. The molecule has 1 saturated carbocycles. The number of aromatic nitrogens is 2. The average Bonchev–Trinajstić information content (AvgIpc) is 3.62. The zero-order valence-electron chi connectivity index (χ0n) is 18.4. The number of hydrogen-bond donors (Lipinski definition) is 1. The van der Waals surface area contributed by atoms with Crippen LogP contribution in [0, 0.1) is 5.92 Å². The number of piperidine rings is 1. The van der Waals surface area contributed by atoms with Gasteiger partial charge in [-0.15, -0.1) is 0 Å². The second-order valence-electron chi connectivity index (χ2n) is 8.64. The molecule has 7 nitrogen and oxygen atoms in total. The molecule has 2 aliphatic rings. The Labute approximate surface area is 199 Å². The molecule has 1 N–H and O–H groups in total. The number of urea groups is 1. The molecule has 1 aromatic carbocycles. The molecule has 1 aromatic heterocycles. The summed E-state index contributed by atoms with van der Waals surface area (Å²) in [4.78, 5) is 29.4. The molecule has 9 heteroatoms. The van der Waals surface area contributed by atoms with Gasteiger partial charge in [0.05, 0.1) is 41.1 Å². The van der Waals surface area contributed by atoms with Gasteiger partial charge in [-0.25, -0.2) is 9.86 Å². The van der Waals surface area contributed by atoms with Crippen LogP contribution in [-0.4, -0.2) is 59.3 Å². The lowest BCUT2D eigenvalue weighted by molar-refractivity contribution is -0.127. The standard InChI is InChI=1S/C23H29Cl2N5O2/c1-29-11-7-16(8-12-29)30(32-2)23(31)28-19(13-15-3-4-15)17-5-6-18(22(25)21(17)24)20-14-26-9-10-27-20/h5-6,9-10,14-16,19H,3-4,7-8,11-13H2,1-2H3,(H,28,31). The highest BCUT2D eigenvalue weighted by Crippen LogP contribution is 2.42. The molecular weight excluding hydrogens is 449 g/mol. The maximum absolute atomic E-state index is 13.2. The van der Waals surface area contributed by atoms with Gasteiger partial charge in [-0.3, -0.25) is 14.8 Å². The van der Waals surface area contributed by atoms with Gasteiger partial charge in [-0.1, -0.05) is 48.2 Å². The van der Waals surface area contributed by atoms with E-state index in [1.807, 2.05) is 12.1 Å². The number of carbonyl (C=O) groups is 1. The lowest BCUT2D eigenvalue weighted by Gasteiger charge is -2.36. The molecule has 0 spiro atoms. The van der Waals surface area contributed by atoms with E-state index < -0.39 is 0 Å². The first-order chi connectivity index (χ1) is 15.5. The van der Waals surface area contributed by atoms with E-state index in [-0.39, 0.29) is 18.1 Å². The second kappa shape index (κ2) is 10.3. The molecule has 0 radical (unpaired) electrons. The van der Waals surface area contributed by atoms with E-state index in [1.165, 1.54) is 17.9 Å². The zero-order valence-corrected chi connectivity index (χ0v) is 19.9. The summed E-state index contributed by atoms with van der Waals surface area (Å²) >= 11 is 13.4. The number of amides is 2. The maximum Gasteiger partial charge on any atom is 0.342 e. The van der Waals surface area contributed by atoms with Crippen molar-refractivity contribution in [2.75, 3.05) is 27.2 Å². The molecular formula is C23H29Cl2N5O2. The van der Waals surface area contributed by atoms with Crippen LogP contribution in [0.15, 0.2) is 30.7 Å². The first-order valence-corrected chi connectivity index (χ1v) is 11.8. The Hall–Kier alpha value is -1.93. The van der Waals surface area contributed by atoms with Crippen molar-refractivity contribution in [2.24, 2.45) is 5.92 Å². The molecule has 172 valence electrons. The van der Waals surface area contributed by atoms with Crippen LogP contribution in [0.25, 0.3) is 11.3 Å². The van der Waals surface area contributed by atoms with E-state index >= 15 is 0 Å². The van der Waals surface area contributed by atoms with Gasteiger partial charge >= 0.3 is 6.03 Å². The average molecular weight is 478 g/mol. The van der Waals surface area contributed by atoms with E-state index in [1.54, 1.807) is 25.7 Å². The van der Waals surface area contributed by atoms with Gasteiger partial charge in [-0.05, 0) is 50.9 Å². The van der Waals surface area contributed by atoms with Crippen LogP contribution in [-0.2, 0) is 4.84 Å². The Morgan fingerprint density at radius 2 is 1.97 bits per heavy atom. The van der Waals surface area contributed by atoms with Crippen LogP contribution in [0.3, 0.4) is 0 Å². The largest absolute Gasteiger partial charge is 0.342 e. The number of likely N-dealkylation sites (tertiary alicyclic amines) is 1. The Bertz CT molecular complexity index is 933. The van der Waals surface area contributed by atoms with Crippen molar-refractivity contribution in [3.63, 3.8) is 0 Å². The SMILES string of the molecule is CON(C(=O)NC(CC1CC1)c1ccc(-c2cnccn2)c(Cl)c1Cl)C1CCN(C)CC1. The van der Waals surface area contributed by atoms with E-state index in [9.17, 15) is 4.79 Å². The fraction of sp³-hybridized carbons (Fsp3) is 0.522. The summed E-state index contributed by atoms with van der Waals surface area (Å²) < 4.78 is 0. The van der Waals surface area contributed by atoms with Gasteiger partial charge in [-0.2, -0.15) is 0 Å². The van der Waals surface area contributed by atoms with Crippen molar-refractivity contribution < 1.29 is 9.63 Å². The molecule has 4 rings (SSSR count). The van der Waals surface area contributed by atoms with Gasteiger partial charge in [0.2, 0.25) is 0 Å². The third-order valence-corrected chi connectivity index (χ3v) is 7.20. The number of nitrogens with one attached hydrogen (secondary N) is 1. The number of hydrogen-bond acceptors (Lipinski definition) is 5. The summed E-state index contributed by atoms with van der Waals surface area (Å²) in [6.07, 6.45) is 9.79. The maximum atomic E-state index is 13.2. The van der Waals surface area contributed by atoms with Crippen LogP contribution < -0.4 is 5.32 Å². The van der Waals surface area contributed by atoms with Gasteiger partial charge < -0.3 is 10.2 Å². The van der Waals surface area contributed by atoms with Crippen molar-refractivity contribution >= 4 is 29.2 Å². The summed E-state index contributed by atoms with van der Waals surface area (Å²) in [5, 5.41) is 5.50. The Morgan fingerprint density at radius 3 is 2.59 bits per heavy atom. The highest BCUT2D eigenvalue weighted by atomic mass is 35.5. The van der Waals surface area contributed by atoms with Crippen LogP contribution in [0.5, 0.6) is 0 Å². The molecule has 1 atom stereocenters. The van der Waals surface area contributed by atoms with Crippen LogP contribution in [0.2, 0.25) is 10.0 Å². The normalized spacial score (nSPS) is 18.4. The first-order valence-electron chi connectivity index (χ1n) is 11.0. The van der Waals surface area contributed by atoms with Gasteiger partial charge in [0, 0.05) is 18.0 Å². The fourth-order valence-electron chi connectivity index (χ4n) is 4.26. The first kappa shape index (κ1) is 23.2. The summed E-state index contributed by atoms with van der Waals surface area (Å²) in [6.45, 7) is 1.88. The van der Waals surface area contributed by atoms with Crippen molar-refractivity contribution in [3.05, 3.63) is 46.3 Å². The molecule has 2 aromatic rings. The zero-order chi connectivity index (χ0) is 22.7. The Kier molecular flexibility index (Phi) is 7.51. The third kappa shape index (κ3) is 5.34. The molecule has 1 unspecified atom stereocenters. The Morgan fingerprint density at radius 1 is 1.22 bits per heavy atom. The minimum Gasteiger partial charge on any atom is -0.329 e. The Balaban J connectivity index is 1.55. The van der Waals surface area contributed by atoms with E-state index in [2.05, 4.69) is 27.2 Å². The van der Waals surface area contributed by atoms with Crippen LogP contribution in [0.4, 0.5) is 4.79 Å². The number of hydroxylamine groups is 2. The lowest BCUT2D eigenvalue weighted by Crippen LogP contribution is -2.50. The van der Waals surface area contributed by atoms with Crippen molar-refractivity contribution in [1.82, 2.24) is 25.2 Å². The number of nitrogens with zero attached hydrogens (tertiary/aromatic N) is 4. The molecule has 32 heavy (non-hydrogen) atoms. The van der Waals surface area contributed by atoms with E-state index in [4.69, 9.17) is 28.0 Å². The van der Waals surface area contributed by atoms with Crippen molar-refractivity contribution in [1.29, 1.82) is 0 Å². The quantitative estimate of drug-likeness (QED) is 0.570. The predicted octanol–water partition coefficient (Wildman–Crippen LogP) is 4.96.